The number of hydrogen-bond acceptors (Lipinski definition) is 3. The van der Waals surface area contributed by atoms with E-state index >= 15 is 0 Å². The van der Waals surface area contributed by atoms with Gasteiger partial charge < -0.3 is 20.3 Å². The van der Waals surface area contributed by atoms with Crippen LogP contribution in [0.5, 0.6) is 5.75 Å². The highest BCUT2D eigenvalue weighted by atomic mass is 16.5. The molecule has 2 N–H and O–H groups in total. The van der Waals surface area contributed by atoms with E-state index in [-0.39, 0.29) is 11.9 Å². The standard InChI is InChI=1S/C22H29N3O3/c1-16-7-5-8-17(2)21(16)28-14-13-25(4)22(27)24-19-10-6-9-18(15-19)11-12-20(26)23-3/h5-10,15H,11-14H2,1-4H3,(H,23,26)(H,24,27). The van der Waals surface area contributed by atoms with Gasteiger partial charge in [-0.2, -0.15) is 0 Å². The first-order chi connectivity index (χ1) is 13.4. The zero-order valence-corrected chi connectivity index (χ0v) is 17.0. The second-order valence-electron chi connectivity index (χ2n) is 6.79. The monoisotopic (exact) mass is 383 g/mol. The van der Waals surface area contributed by atoms with Crippen LogP contribution >= 0.6 is 0 Å². The van der Waals surface area contributed by atoms with E-state index < -0.39 is 0 Å². The fraction of sp³-hybridized carbons (Fsp3) is 0.364. The van der Waals surface area contributed by atoms with Crippen molar-refractivity contribution in [3.8, 4) is 5.75 Å². The summed E-state index contributed by atoms with van der Waals surface area (Å²) in [7, 11) is 3.36. The van der Waals surface area contributed by atoms with Crippen LogP contribution < -0.4 is 15.4 Å². The van der Waals surface area contributed by atoms with Gasteiger partial charge in [-0.1, -0.05) is 30.3 Å². The molecule has 0 unspecified atom stereocenters. The van der Waals surface area contributed by atoms with E-state index in [4.69, 9.17) is 4.74 Å². The van der Waals surface area contributed by atoms with Crippen molar-refractivity contribution in [2.45, 2.75) is 26.7 Å². The molecule has 150 valence electrons. The van der Waals surface area contributed by atoms with E-state index in [0.29, 0.717) is 31.7 Å². The van der Waals surface area contributed by atoms with Gasteiger partial charge in [0.05, 0.1) is 6.54 Å². The third-order valence-electron chi connectivity index (χ3n) is 4.53. The number of likely N-dealkylation sites (N-methyl/N-ethyl adjacent to an activating group) is 1. The summed E-state index contributed by atoms with van der Waals surface area (Å²) in [5.41, 5.74) is 3.88. The maximum atomic E-state index is 12.4. The second kappa shape index (κ2) is 10.3. The molecule has 0 spiro atoms. The Bertz CT molecular complexity index is 800. The number of hydrogen-bond donors (Lipinski definition) is 2. The highest BCUT2D eigenvalue weighted by molar-refractivity contribution is 5.89. The minimum absolute atomic E-state index is 0.00179. The van der Waals surface area contributed by atoms with Crippen molar-refractivity contribution >= 4 is 17.6 Å². The predicted octanol–water partition coefficient (Wildman–Crippen LogP) is 3.52. The Morgan fingerprint density at radius 3 is 2.43 bits per heavy atom. The van der Waals surface area contributed by atoms with Crippen molar-refractivity contribution in [2.24, 2.45) is 0 Å². The molecular formula is C22H29N3O3. The van der Waals surface area contributed by atoms with Crippen LogP contribution in [-0.4, -0.2) is 44.1 Å². The van der Waals surface area contributed by atoms with E-state index in [9.17, 15) is 9.59 Å². The summed E-state index contributed by atoms with van der Waals surface area (Å²) in [4.78, 5) is 25.4. The molecule has 0 saturated carbocycles. The number of nitrogens with zero attached hydrogens (tertiary/aromatic N) is 1. The summed E-state index contributed by atoms with van der Waals surface area (Å²) in [5.74, 6) is 0.873. The zero-order chi connectivity index (χ0) is 20.5. The maximum absolute atomic E-state index is 12.4. The lowest BCUT2D eigenvalue weighted by molar-refractivity contribution is -0.120. The fourth-order valence-electron chi connectivity index (χ4n) is 2.82. The van der Waals surface area contributed by atoms with Crippen molar-refractivity contribution < 1.29 is 14.3 Å². The van der Waals surface area contributed by atoms with E-state index in [0.717, 1.165) is 22.4 Å². The fourth-order valence-corrected chi connectivity index (χ4v) is 2.82. The van der Waals surface area contributed by atoms with Gasteiger partial charge in [0.25, 0.3) is 0 Å². The lowest BCUT2D eigenvalue weighted by atomic mass is 10.1. The Labute approximate surface area is 166 Å². The molecule has 0 aromatic heterocycles. The van der Waals surface area contributed by atoms with Crippen LogP contribution in [0.15, 0.2) is 42.5 Å². The number of carbonyl (C=O) groups excluding carboxylic acids is 2. The Morgan fingerprint density at radius 2 is 1.75 bits per heavy atom. The molecule has 0 fully saturated rings. The van der Waals surface area contributed by atoms with E-state index in [2.05, 4.69) is 10.6 Å². The van der Waals surface area contributed by atoms with E-state index in [1.165, 1.54) is 0 Å². The maximum Gasteiger partial charge on any atom is 0.321 e. The number of benzene rings is 2. The molecule has 2 rings (SSSR count). The number of ether oxygens (including phenoxy) is 1. The molecule has 0 heterocycles. The van der Waals surface area contributed by atoms with Gasteiger partial charge in [0.15, 0.2) is 0 Å². The molecule has 0 atom stereocenters. The van der Waals surface area contributed by atoms with Crippen LogP contribution in [-0.2, 0) is 11.2 Å². The first-order valence-corrected chi connectivity index (χ1v) is 9.41. The van der Waals surface area contributed by atoms with Crippen LogP contribution in [0.4, 0.5) is 10.5 Å². The Hall–Kier alpha value is -3.02. The average molecular weight is 383 g/mol. The van der Waals surface area contributed by atoms with Gasteiger partial charge >= 0.3 is 6.03 Å². The summed E-state index contributed by atoms with van der Waals surface area (Å²) < 4.78 is 5.86. The van der Waals surface area contributed by atoms with Gasteiger partial charge in [0.1, 0.15) is 12.4 Å². The van der Waals surface area contributed by atoms with Crippen LogP contribution in [0.1, 0.15) is 23.1 Å². The molecule has 0 aliphatic rings. The SMILES string of the molecule is CNC(=O)CCc1cccc(NC(=O)N(C)CCOc2c(C)cccc2C)c1. The number of rotatable bonds is 8. The number of anilines is 1. The van der Waals surface area contributed by atoms with Crippen LogP contribution in [0.3, 0.4) is 0 Å². The summed E-state index contributed by atoms with van der Waals surface area (Å²) in [5, 5.41) is 5.49. The molecule has 2 aromatic carbocycles. The highest BCUT2D eigenvalue weighted by Crippen LogP contribution is 2.22. The van der Waals surface area contributed by atoms with Crippen molar-refractivity contribution in [3.05, 3.63) is 59.2 Å². The lowest BCUT2D eigenvalue weighted by Crippen LogP contribution is -2.34. The van der Waals surface area contributed by atoms with Crippen LogP contribution in [0, 0.1) is 13.8 Å². The highest BCUT2D eigenvalue weighted by Gasteiger charge is 2.10. The van der Waals surface area contributed by atoms with Gasteiger partial charge in [0, 0.05) is 26.2 Å². The quantitative estimate of drug-likeness (QED) is 0.733. The molecule has 0 bridgehead atoms. The number of aryl methyl sites for hydroxylation is 3. The number of nitrogens with one attached hydrogen (secondary N) is 2. The van der Waals surface area contributed by atoms with Crippen molar-refractivity contribution in [3.63, 3.8) is 0 Å². The molecule has 0 aliphatic carbocycles. The first kappa shape index (κ1) is 21.3. The summed E-state index contributed by atoms with van der Waals surface area (Å²) >= 11 is 0. The van der Waals surface area contributed by atoms with Crippen molar-refractivity contribution in [1.82, 2.24) is 10.2 Å². The molecule has 3 amide bonds. The summed E-state index contributed by atoms with van der Waals surface area (Å²) in [6.07, 6.45) is 1.05. The van der Waals surface area contributed by atoms with E-state index in [1.54, 1.807) is 19.0 Å². The number of carbonyl (C=O) groups is 2. The van der Waals surface area contributed by atoms with Crippen molar-refractivity contribution in [2.75, 3.05) is 32.6 Å². The molecule has 0 aliphatic heterocycles. The number of amides is 3. The molecule has 2 aromatic rings. The lowest BCUT2D eigenvalue weighted by Gasteiger charge is -2.19. The zero-order valence-electron chi connectivity index (χ0n) is 17.0. The number of urea groups is 1. The first-order valence-electron chi connectivity index (χ1n) is 9.41. The van der Waals surface area contributed by atoms with Gasteiger partial charge in [-0.05, 0) is 49.1 Å². The van der Waals surface area contributed by atoms with Gasteiger partial charge in [-0.15, -0.1) is 0 Å². The minimum atomic E-state index is -0.200. The minimum Gasteiger partial charge on any atom is -0.491 e. The Balaban J connectivity index is 1.84. The van der Waals surface area contributed by atoms with Crippen LogP contribution in [0.2, 0.25) is 0 Å². The Kier molecular flexibility index (Phi) is 7.87. The summed E-state index contributed by atoms with van der Waals surface area (Å²) in [6.45, 7) is 4.91. The Morgan fingerprint density at radius 1 is 1.07 bits per heavy atom. The molecule has 28 heavy (non-hydrogen) atoms. The van der Waals surface area contributed by atoms with Gasteiger partial charge in [0.2, 0.25) is 5.91 Å². The van der Waals surface area contributed by atoms with Gasteiger partial charge in [-0.3, -0.25) is 4.79 Å². The second-order valence-corrected chi connectivity index (χ2v) is 6.79. The molecular weight excluding hydrogens is 354 g/mol. The van der Waals surface area contributed by atoms with Crippen LogP contribution in [0.25, 0.3) is 0 Å². The normalized spacial score (nSPS) is 10.3. The number of para-hydroxylation sites is 1. The topological polar surface area (TPSA) is 70.7 Å². The third-order valence-corrected chi connectivity index (χ3v) is 4.53. The van der Waals surface area contributed by atoms with Gasteiger partial charge in [-0.25, -0.2) is 4.79 Å². The average Bonchev–Trinajstić information content (AvgIpc) is 2.68. The third kappa shape index (κ3) is 6.30. The largest absolute Gasteiger partial charge is 0.491 e. The molecule has 6 heteroatoms. The smallest absolute Gasteiger partial charge is 0.321 e. The molecule has 6 nitrogen and oxygen atoms in total. The van der Waals surface area contributed by atoms with Crippen molar-refractivity contribution in [1.29, 1.82) is 0 Å². The summed E-state index contributed by atoms with van der Waals surface area (Å²) in [6, 6.07) is 13.4. The molecule has 0 saturated heterocycles. The predicted molar refractivity (Wildman–Crippen MR) is 112 cm³/mol. The van der Waals surface area contributed by atoms with E-state index in [1.807, 2.05) is 56.3 Å². The molecule has 0 radical (unpaired) electrons.